The maximum absolute atomic E-state index is 14.8. The topological polar surface area (TPSA) is 26.3 Å². The molecule has 0 spiro atoms. The molecule has 4 aromatic carbocycles. The summed E-state index contributed by atoms with van der Waals surface area (Å²) in [5.41, 5.74) is 3.76. The fourth-order valence-corrected chi connectivity index (χ4v) is 4.15. The number of esters is 1. The van der Waals surface area contributed by atoms with Gasteiger partial charge in [0.1, 0.15) is 23.2 Å². The Balaban J connectivity index is 1.46. The molecule has 0 N–H and O–H groups in total. The van der Waals surface area contributed by atoms with Gasteiger partial charge in [-0.25, -0.2) is 26.7 Å². The number of hydrogen-bond donors (Lipinski definition) is 0. The molecule has 39 heavy (non-hydrogen) atoms. The number of carbonyl (C=O) groups excluding carboxylic acids is 1. The molecule has 0 radical (unpaired) electrons. The summed E-state index contributed by atoms with van der Waals surface area (Å²) in [5.74, 6) is -4.62. The van der Waals surface area contributed by atoms with E-state index in [1.54, 1.807) is 6.07 Å². The van der Waals surface area contributed by atoms with Crippen molar-refractivity contribution in [2.24, 2.45) is 0 Å². The van der Waals surface area contributed by atoms with Gasteiger partial charge in [-0.2, -0.15) is 0 Å². The summed E-state index contributed by atoms with van der Waals surface area (Å²) in [5, 5.41) is 0. The van der Waals surface area contributed by atoms with Crippen LogP contribution in [0.4, 0.5) is 22.0 Å². The number of benzene rings is 4. The quantitative estimate of drug-likeness (QED) is 0.0924. The number of hydrogen-bond acceptors (Lipinski definition) is 2. The van der Waals surface area contributed by atoms with E-state index in [9.17, 15) is 26.7 Å². The number of aryl methyl sites for hydroxylation is 1. The summed E-state index contributed by atoms with van der Waals surface area (Å²) in [4.78, 5) is 12.5. The van der Waals surface area contributed by atoms with E-state index in [2.05, 4.69) is 31.2 Å². The van der Waals surface area contributed by atoms with Crippen LogP contribution in [0.15, 0.2) is 91.0 Å². The molecule has 2 nitrogen and oxygen atoms in total. The van der Waals surface area contributed by atoms with Crippen LogP contribution in [0.1, 0.15) is 34.8 Å². The van der Waals surface area contributed by atoms with E-state index in [0.717, 1.165) is 47.7 Å². The summed E-state index contributed by atoms with van der Waals surface area (Å²) >= 11 is 0. The fraction of sp³-hybridized carbons (Fsp3) is 0.156. The Bertz CT molecular complexity index is 1450. The van der Waals surface area contributed by atoms with Gasteiger partial charge in [0.05, 0.1) is 5.56 Å². The molecule has 0 amide bonds. The first-order chi connectivity index (χ1) is 18.7. The maximum atomic E-state index is 14.8. The van der Waals surface area contributed by atoms with Crippen molar-refractivity contribution >= 4 is 5.97 Å². The largest absolute Gasteiger partial charge is 0.423 e. The first-order valence-corrected chi connectivity index (χ1v) is 12.4. The van der Waals surface area contributed by atoms with Crippen LogP contribution in [0.5, 0.6) is 5.75 Å². The number of allylic oxidation sites excluding steroid dienone is 2. The molecular weight excluding hydrogens is 511 g/mol. The lowest BCUT2D eigenvalue weighted by atomic mass is 9.98. The summed E-state index contributed by atoms with van der Waals surface area (Å²) in [6.07, 6.45) is 0.407. The molecule has 0 saturated heterocycles. The Morgan fingerprint density at radius 1 is 0.769 bits per heavy atom. The fourth-order valence-electron chi connectivity index (χ4n) is 4.15. The Morgan fingerprint density at radius 2 is 1.31 bits per heavy atom. The van der Waals surface area contributed by atoms with E-state index in [1.165, 1.54) is 17.7 Å². The molecule has 0 fully saturated rings. The second-order valence-electron chi connectivity index (χ2n) is 8.94. The third kappa shape index (κ3) is 6.99. The summed E-state index contributed by atoms with van der Waals surface area (Å²) < 4.78 is 72.8. The van der Waals surface area contributed by atoms with E-state index >= 15 is 0 Å². The van der Waals surface area contributed by atoms with E-state index in [0.29, 0.717) is 11.6 Å². The van der Waals surface area contributed by atoms with E-state index < -0.39 is 53.1 Å². The molecular formula is C32H25F5O2. The minimum atomic E-state index is -2.75. The van der Waals surface area contributed by atoms with Crippen LogP contribution in [0.2, 0.25) is 0 Å². The highest BCUT2D eigenvalue weighted by Gasteiger charge is 2.18. The number of alkyl halides is 2. The molecule has 4 aromatic rings. The average Bonchev–Trinajstić information content (AvgIpc) is 2.91. The summed E-state index contributed by atoms with van der Waals surface area (Å²) in [6.45, 7) is 2.13. The maximum Gasteiger partial charge on any atom is 0.346 e. The molecule has 0 heterocycles. The van der Waals surface area contributed by atoms with Crippen molar-refractivity contribution in [2.75, 3.05) is 0 Å². The van der Waals surface area contributed by atoms with E-state index in [-0.39, 0.29) is 0 Å². The van der Waals surface area contributed by atoms with Crippen molar-refractivity contribution in [3.8, 4) is 28.0 Å². The van der Waals surface area contributed by atoms with Crippen molar-refractivity contribution in [3.05, 3.63) is 125 Å². The van der Waals surface area contributed by atoms with Crippen molar-refractivity contribution in [1.82, 2.24) is 0 Å². The zero-order valence-corrected chi connectivity index (χ0v) is 21.1. The normalized spacial score (nSPS) is 11.4. The van der Waals surface area contributed by atoms with Gasteiger partial charge in [0.15, 0.2) is 0 Å². The predicted octanol–water partition coefficient (Wildman–Crippen LogP) is 8.97. The first kappa shape index (κ1) is 27.8. The highest BCUT2D eigenvalue weighted by molar-refractivity contribution is 5.92. The van der Waals surface area contributed by atoms with Crippen LogP contribution in [-0.4, -0.2) is 12.4 Å². The van der Waals surface area contributed by atoms with Crippen molar-refractivity contribution in [3.63, 3.8) is 0 Å². The summed E-state index contributed by atoms with van der Waals surface area (Å²) in [7, 11) is 0. The van der Waals surface area contributed by atoms with Crippen molar-refractivity contribution in [2.45, 2.75) is 32.6 Å². The lowest BCUT2D eigenvalue weighted by molar-refractivity contribution is 0.0729. The predicted molar refractivity (Wildman–Crippen MR) is 141 cm³/mol. The molecule has 0 aromatic heterocycles. The molecule has 0 bridgehead atoms. The van der Waals surface area contributed by atoms with E-state index in [4.69, 9.17) is 4.74 Å². The monoisotopic (exact) mass is 536 g/mol. The van der Waals surface area contributed by atoms with Gasteiger partial charge in [-0.3, -0.25) is 0 Å². The molecule has 0 saturated carbocycles. The Hall–Kier alpha value is -4.26. The lowest BCUT2D eigenvalue weighted by Gasteiger charge is -2.10. The minimum absolute atomic E-state index is 0.404. The molecule has 200 valence electrons. The minimum Gasteiger partial charge on any atom is -0.423 e. The van der Waals surface area contributed by atoms with Crippen LogP contribution in [0.3, 0.4) is 0 Å². The third-order valence-corrected chi connectivity index (χ3v) is 6.16. The third-order valence-electron chi connectivity index (χ3n) is 6.16. The number of rotatable bonds is 9. The Morgan fingerprint density at radius 3 is 1.85 bits per heavy atom. The molecule has 0 atom stereocenters. The van der Waals surface area contributed by atoms with Crippen LogP contribution < -0.4 is 4.74 Å². The molecule has 0 aliphatic carbocycles. The second-order valence-corrected chi connectivity index (χ2v) is 8.94. The second kappa shape index (κ2) is 12.5. The van der Waals surface area contributed by atoms with Crippen molar-refractivity contribution < 1.29 is 31.5 Å². The van der Waals surface area contributed by atoms with Crippen LogP contribution in [0, 0.1) is 17.5 Å². The average molecular weight is 537 g/mol. The summed E-state index contributed by atoms with van der Waals surface area (Å²) in [6, 6.07) is 21.4. The van der Waals surface area contributed by atoms with Crippen LogP contribution >= 0.6 is 0 Å². The van der Waals surface area contributed by atoms with Gasteiger partial charge >= 0.3 is 5.97 Å². The van der Waals surface area contributed by atoms with E-state index in [1.807, 2.05) is 24.3 Å². The number of halogens is 5. The SMILES string of the molecule is CCCc1ccc(-c2ccc(-c3ccc(C(=O)Oc4cc(F)c(CC=CC(F)F)c(F)c4)c(F)c3)cc2)cc1. The van der Waals surface area contributed by atoms with Gasteiger partial charge in [-0.1, -0.05) is 74.0 Å². The molecule has 0 unspecified atom stereocenters. The zero-order chi connectivity index (χ0) is 27.9. The van der Waals surface area contributed by atoms with Gasteiger partial charge < -0.3 is 4.74 Å². The Kier molecular flexibility index (Phi) is 8.92. The van der Waals surface area contributed by atoms with Crippen molar-refractivity contribution in [1.29, 1.82) is 0 Å². The van der Waals surface area contributed by atoms with Gasteiger partial charge in [-0.15, -0.1) is 0 Å². The highest BCUT2D eigenvalue weighted by atomic mass is 19.3. The molecule has 0 aliphatic heterocycles. The van der Waals surface area contributed by atoms with Crippen LogP contribution in [0.25, 0.3) is 22.3 Å². The standard InChI is InChI=1S/C32H25F5O2/c1-2-4-20-7-9-21(10-8-20)22-11-13-23(14-12-22)24-15-16-27(28(33)17-24)32(38)39-25-18-29(34)26(30(35)19-25)5-3-6-31(36)37/h3,6-19,31H,2,4-5H2,1H3. The Labute approximate surface area is 223 Å². The number of carbonyl (C=O) groups is 1. The number of ether oxygens (including phenoxy) is 1. The smallest absolute Gasteiger partial charge is 0.346 e. The zero-order valence-electron chi connectivity index (χ0n) is 21.1. The van der Waals surface area contributed by atoms with Gasteiger partial charge in [-0.05, 0) is 58.9 Å². The van der Waals surface area contributed by atoms with Crippen LogP contribution in [-0.2, 0) is 12.8 Å². The first-order valence-electron chi connectivity index (χ1n) is 12.4. The molecule has 4 rings (SSSR count). The van der Waals surface area contributed by atoms with Gasteiger partial charge in [0, 0.05) is 17.7 Å². The molecule has 0 aliphatic rings. The molecule has 7 heteroatoms. The van der Waals surface area contributed by atoms with Gasteiger partial charge in [0.25, 0.3) is 6.43 Å². The highest BCUT2D eigenvalue weighted by Crippen LogP contribution is 2.28. The van der Waals surface area contributed by atoms with Gasteiger partial charge in [0.2, 0.25) is 0 Å². The lowest BCUT2D eigenvalue weighted by Crippen LogP contribution is -2.11.